The van der Waals surface area contributed by atoms with Gasteiger partial charge in [-0.2, -0.15) is 0 Å². The summed E-state index contributed by atoms with van der Waals surface area (Å²) in [5.41, 5.74) is 0. The predicted octanol–water partition coefficient (Wildman–Crippen LogP) is -1.25. The second-order valence-electron chi connectivity index (χ2n) is 2.30. The maximum atomic E-state index is 9.12. The van der Waals surface area contributed by atoms with E-state index in [-0.39, 0.29) is 6.61 Å². The van der Waals surface area contributed by atoms with Crippen LogP contribution in [-0.2, 0) is 8.57 Å². The van der Waals surface area contributed by atoms with Crippen LogP contribution in [0.25, 0.3) is 0 Å². The highest BCUT2D eigenvalue weighted by molar-refractivity contribution is 9.06. The Balaban J connectivity index is 2.53. The van der Waals surface area contributed by atoms with Gasteiger partial charge in [0, 0.05) is 0 Å². The molecule has 11 heavy (non-hydrogen) atoms. The quantitative estimate of drug-likeness (QED) is 0.551. The normalized spacial score (nSPS) is 44.7. The fourth-order valence-electron chi connectivity index (χ4n) is 0.939. The minimum absolute atomic E-state index is 0.342. The van der Waals surface area contributed by atoms with Gasteiger partial charge >= 0.3 is 0 Å². The Morgan fingerprint density at radius 3 is 2.27 bits per heavy atom. The van der Waals surface area contributed by atoms with Crippen molar-refractivity contribution in [2.45, 2.75) is 24.6 Å². The Morgan fingerprint density at radius 2 is 2.00 bits per heavy atom. The van der Waals surface area contributed by atoms with E-state index < -0.39 is 24.6 Å². The summed E-state index contributed by atoms with van der Waals surface area (Å²) in [6.45, 7) is -0.342. The van der Waals surface area contributed by atoms with Crippen LogP contribution in [0.5, 0.6) is 0 Å². The number of rotatable bonds is 2. The second-order valence-corrected chi connectivity index (χ2v) is 2.67. The molecule has 0 aromatic heterocycles. The Labute approximate surface area is 72.0 Å². The van der Waals surface area contributed by atoms with Crippen LogP contribution < -0.4 is 0 Å². The van der Waals surface area contributed by atoms with Crippen LogP contribution in [0.3, 0.4) is 0 Å². The summed E-state index contributed by atoms with van der Waals surface area (Å²) < 4.78 is 9.36. The van der Waals surface area contributed by atoms with Crippen molar-refractivity contribution in [3.05, 3.63) is 0 Å². The number of hydrogen-bond donors (Lipinski definition) is 3. The Bertz CT molecular complexity index is 114. The third kappa shape index (κ3) is 1.71. The van der Waals surface area contributed by atoms with Gasteiger partial charge in [-0.25, -0.2) is 0 Å². The van der Waals surface area contributed by atoms with Gasteiger partial charge in [0.1, 0.15) is 34.6 Å². The van der Waals surface area contributed by atoms with Crippen LogP contribution in [0.1, 0.15) is 0 Å². The van der Waals surface area contributed by atoms with Gasteiger partial charge in [0.2, 0.25) is 0 Å². The van der Waals surface area contributed by atoms with Crippen LogP contribution in [0.2, 0.25) is 0 Å². The Morgan fingerprint density at radius 1 is 1.36 bits per heavy atom. The van der Waals surface area contributed by atoms with E-state index in [1.54, 1.807) is 0 Å². The van der Waals surface area contributed by atoms with Crippen molar-refractivity contribution in [1.82, 2.24) is 0 Å². The third-order valence-electron chi connectivity index (χ3n) is 1.59. The molecule has 5 nitrogen and oxygen atoms in total. The van der Waals surface area contributed by atoms with Gasteiger partial charge in [0.25, 0.3) is 0 Å². The molecule has 0 amide bonds. The van der Waals surface area contributed by atoms with Gasteiger partial charge in [-0.15, -0.1) is 0 Å². The lowest BCUT2D eigenvalue weighted by Gasteiger charge is -2.10. The number of aliphatic hydroxyl groups is 3. The van der Waals surface area contributed by atoms with Crippen LogP contribution in [0.15, 0.2) is 0 Å². The topological polar surface area (TPSA) is 79.2 Å². The summed E-state index contributed by atoms with van der Waals surface area (Å²) in [5.74, 6) is 0. The first kappa shape index (κ1) is 9.37. The van der Waals surface area contributed by atoms with E-state index in [1.165, 1.54) is 0 Å². The van der Waals surface area contributed by atoms with Crippen molar-refractivity contribution in [3.63, 3.8) is 0 Å². The average molecular weight is 229 g/mol. The smallest absolute Gasteiger partial charge is 0.199 e. The minimum Gasteiger partial charge on any atom is -0.394 e. The van der Waals surface area contributed by atoms with Gasteiger partial charge in [-0.3, -0.25) is 3.83 Å². The van der Waals surface area contributed by atoms with Gasteiger partial charge < -0.3 is 20.1 Å². The first-order valence-electron chi connectivity index (χ1n) is 3.10. The molecule has 0 aliphatic carbocycles. The molecule has 0 bridgehead atoms. The maximum Gasteiger partial charge on any atom is 0.199 e. The molecule has 0 spiro atoms. The van der Waals surface area contributed by atoms with E-state index in [4.69, 9.17) is 20.1 Å². The van der Waals surface area contributed by atoms with E-state index >= 15 is 0 Å². The zero-order chi connectivity index (χ0) is 8.43. The summed E-state index contributed by atoms with van der Waals surface area (Å²) in [6.07, 6.45) is -3.90. The first-order chi connectivity index (χ1) is 5.20. The molecule has 1 heterocycles. The number of halogens is 1. The fourth-order valence-corrected chi connectivity index (χ4v) is 1.25. The lowest BCUT2D eigenvalue weighted by Crippen LogP contribution is -2.33. The monoisotopic (exact) mass is 228 g/mol. The van der Waals surface area contributed by atoms with E-state index in [2.05, 4.69) is 20.1 Å². The second kappa shape index (κ2) is 3.79. The zero-order valence-electron chi connectivity index (χ0n) is 5.55. The Kier molecular flexibility index (Phi) is 3.23. The molecule has 66 valence electrons. The summed E-state index contributed by atoms with van der Waals surface area (Å²) >= 11 is 2.62. The molecule has 3 N–H and O–H groups in total. The molecule has 0 radical (unpaired) electrons. The van der Waals surface area contributed by atoms with E-state index in [0.29, 0.717) is 0 Å². The van der Waals surface area contributed by atoms with Gasteiger partial charge in [0.05, 0.1) is 6.61 Å². The lowest BCUT2D eigenvalue weighted by atomic mass is 10.1. The number of aliphatic hydroxyl groups excluding tert-OH is 3. The van der Waals surface area contributed by atoms with Crippen molar-refractivity contribution in [3.8, 4) is 0 Å². The van der Waals surface area contributed by atoms with Crippen molar-refractivity contribution in [2.24, 2.45) is 0 Å². The molecule has 6 heteroatoms. The standard InChI is InChI=1S/C5H9BrO5/c6-11-5-4(9)3(8)2(1-7)10-5/h2-5,7-9H,1H2/t2-,3+,4-,5?/m1/s1. The molecule has 1 aliphatic heterocycles. The largest absolute Gasteiger partial charge is 0.394 e. The molecule has 0 saturated carbocycles. The molecule has 1 aliphatic rings. The van der Waals surface area contributed by atoms with Gasteiger partial charge in [-0.05, 0) is 0 Å². The highest BCUT2D eigenvalue weighted by Gasteiger charge is 2.42. The summed E-state index contributed by atoms with van der Waals surface area (Å²) in [5, 5.41) is 26.8. The average Bonchev–Trinajstić information content (AvgIpc) is 2.30. The molecule has 1 unspecified atom stereocenters. The summed E-state index contributed by atoms with van der Waals surface area (Å²) in [7, 11) is 0. The van der Waals surface area contributed by atoms with Gasteiger partial charge in [-0.1, -0.05) is 0 Å². The van der Waals surface area contributed by atoms with Crippen LogP contribution in [0, 0.1) is 0 Å². The third-order valence-corrected chi connectivity index (χ3v) is 1.95. The molecular formula is C5H9BrO5. The SMILES string of the molecule is OC[C@H]1OC(OBr)[C@H](O)[C@H]1O. The molecule has 1 saturated heterocycles. The van der Waals surface area contributed by atoms with Crippen molar-refractivity contribution >= 4 is 16.3 Å². The van der Waals surface area contributed by atoms with Crippen molar-refractivity contribution < 1.29 is 23.9 Å². The highest BCUT2D eigenvalue weighted by atomic mass is 79.9. The summed E-state index contributed by atoms with van der Waals surface area (Å²) in [6, 6.07) is 0. The maximum absolute atomic E-state index is 9.12. The zero-order valence-corrected chi connectivity index (χ0v) is 7.14. The predicted molar refractivity (Wildman–Crippen MR) is 37.8 cm³/mol. The summed E-state index contributed by atoms with van der Waals surface area (Å²) in [4.78, 5) is 0. The van der Waals surface area contributed by atoms with Gasteiger partial charge in [0.15, 0.2) is 6.29 Å². The van der Waals surface area contributed by atoms with Crippen LogP contribution in [0.4, 0.5) is 0 Å². The molecule has 1 rings (SSSR count). The van der Waals surface area contributed by atoms with Crippen LogP contribution in [-0.4, -0.2) is 46.5 Å². The molecular weight excluding hydrogens is 220 g/mol. The van der Waals surface area contributed by atoms with Crippen molar-refractivity contribution in [2.75, 3.05) is 6.61 Å². The van der Waals surface area contributed by atoms with E-state index in [1.807, 2.05) is 0 Å². The molecule has 0 aromatic rings. The molecule has 0 aromatic carbocycles. The fraction of sp³-hybridized carbons (Fsp3) is 1.00. The minimum atomic E-state index is -1.12. The van der Waals surface area contributed by atoms with E-state index in [0.717, 1.165) is 0 Å². The first-order valence-corrected chi connectivity index (χ1v) is 3.75. The Hall–Kier alpha value is 0.280. The number of ether oxygens (including phenoxy) is 1. The highest BCUT2D eigenvalue weighted by Crippen LogP contribution is 2.22. The van der Waals surface area contributed by atoms with Crippen LogP contribution >= 0.6 is 16.3 Å². The van der Waals surface area contributed by atoms with E-state index in [9.17, 15) is 0 Å². The lowest BCUT2D eigenvalue weighted by molar-refractivity contribution is -0.103. The molecule has 4 atom stereocenters. The van der Waals surface area contributed by atoms with Crippen molar-refractivity contribution in [1.29, 1.82) is 0 Å². The molecule has 1 fully saturated rings. The number of hydrogen-bond acceptors (Lipinski definition) is 5.